The van der Waals surface area contributed by atoms with Crippen LogP contribution in [0.3, 0.4) is 0 Å². The van der Waals surface area contributed by atoms with E-state index in [4.69, 9.17) is 0 Å². The molecule has 0 saturated heterocycles. The molecule has 4 aromatic rings. The van der Waals surface area contributed by atoms with Gasteiger partial charge in [-0.15, -0.1) is 0 Å². The molecule has 0 fully saturated rings. The molecular formula is C56H52N2. The number of hydrogen-bond acceptors (Lipinski definition) is 1. The van der Waals surface area contributed by atoms with Gasteiger partial charge in [-0.3, -0.25) is 0 Å². The number of para-hydroxylation sites is 1. The first kappa shape index (κ1) is 35.3. The zero-order chi connectivity index (χ0) is 38.6. The predicted octanol–water partition coefficient (Wildman–Crippen LogP) is 14.2. The first-order valence-electron chi connectivity index (χ1n) is 22.0. The fourth-order valence-corrected chi connectivity index (χ4v) is 11.1. The highest BCUT2D eigenvalue weighted by molar-refractivity contribution is 6.10. The Morgan fingerprint density at radius 1 is 0.655 bits per heavy atom. The third-order valence-corrected chi connectivity index (χ3v) is 13.8. The molecule has 1 aliphatic heterocycles. The summed E-state index contributed by atoms with van der Waals surface area (Å²) in [5.74, 6) is 1.53. The molecule has 0 amide bonds. The maximum absolute atomic E-state index is 2.84. The van der Waals surface area contributed by atoms with Crippen LogP contribution in [0.4, 0.5) is 0 Å². The summed E-state index contributed by atoms with van der Waals surface area (Å²) in [4.78, 5) is 2.84. The van der Waals surface area contributed by atoms with Gasteiger partial charge in [-0.05, 0) is 115 Å². The summed E-state index contributed by atoms with van der Waals surface area (Å²) in [5.41, 5.74) is 16.6. The van der Waals surface area contributed by atoms with Gasteiger partial charge in [0.25, 0.3) is 0 Å². The number of nitrogens with zero attached hydrogens (tertiary/aromatic N) is 2. The van der Waals surface area contributed by atoms with Crippen LogP contribution >= 0.6 is 0 Å². The summed E-state index contributed by atoms with van der Waals surface area (Å²) >= 11 is 0. The molecule has 2 heteroatoms. The molecule has 5 atom stereocenters. The van der Waals surface area contributed by atoms with Crippen LogP contribution in [0.1, 0.15) is 69.4 Å². The van der Waals surface area contributed by atoms with Crippen molar-refractivity contribution in [3.63, 3.8) is 0 Å². The molecule has 0 spiro atoms. The van der Waals surface area contributed by atoms with E-state index in [1.807, 2.05) is 0 Å². The molecule has 6 aliphatic carbocycles. The summed E-state index contributed by atoms with van der Waals surface area (Å²) in [6.07, 6.45) is 49.8. The average Bonchev–Trinajstić information content (AvgIpc) is 3.82. The highest BCUT2D eigenvalue weighted by Crippen LogP contribution is 2.53. The van der Waals surface area contributed by atoms with Crippen molar-refractivity contribution in [2.75, 3.05) is 0 Å². The van der Waals surface area contributed by atoms with E-state index in [1.165, 1.54) is 72.3 Å². The summed E-state index contributed by atoms with van der Waals surface area (Å²) in [5, 5.41) is 2.60. The minimum absolute atomic E-state index is 0.274. The van der Waals surface area contributed by atoms with Gasteiger partial charge in [0.1, 0.15) is 0 Å². The Morgan fingerprint density at radius 3 is 2.36 bits per heavy atom. The zero-order valence-electron chi connectivity index (χ0n) is 33.6. The monoisotopic (exact) mass is 752 g/mol. The zero-order valence-corrected chi connectivity index (χ0v) is 33.6. The maximum Gasteiger partial charge on any atom is 0.0623 e. The number of hydrogen-bond donors (Lipinski definition) is 0. The second-order valence-corrected chi connectivity index (χ2v) is 17.1. The topological polar surface area (TPSA) is 8.17 Å². The van der Waals surface area contributed by atoms with E-state index in [2.05, 4.69) is 186 Å². The van der Waals surface area contributed by atoms with Crippen molar-refractivity contribution in [2.24, 2.45) is 23.7 Å². The molecule has 11 rings (SSSR count). The van der Waals surface area contributed by atoms with Crippen molar-refractivity contribution in [2.45, 2.75) is 64.3 Å². The van der Waals surface area contributed by atoms with Crippen LogP contribution < -0.4 is 0 Å². The summed E-state index contributed by atoms with van der Waals surface area (Å²) in [7, 11) is 0. The molecular weight excluding hydrogens is 701 g/mol. The molecule has 0 bridgehead atoms. The van der Waals surface area contributed by atoms with Crippen LogP contribution in [0.25, 0.3) is 38.6 Å². The third-order valence-electron chi connectivity index (χ3n) is 13.8. The Hall–Kier alpha value is -5.86. The minimum Gasteiger partial charge on any atom is -0.336 e. The number of aromatic nitrogens is 1. The van der Waals surface area contributed by atoms with Gasteiger partial charge >= 0.3 is 0 Å². The van der Waals surface area contributed by atoms with Crippen LogP contribution in [0.2, 0.25) is 0 Å². The van der Waals surface area contributed by atoms with Crippen molar-refractivity contribution in [1.29, 1.82) is 0 Å². The lowest BCUT2D eigenvalue weighted by Gasteiger charge is -2.42. The first-order valence-corrected chi connectivity index (χ1v) is 22.0. The second kappa shape index (κ2) is 14.8. The van der Waals surface area contributed by atoms with Gasteiger partial charge in [-0.25, -0.2) is 0 Å². The van der Waals surface area contributed by atoms with Crippen LogP contribution in [0.15, 0.2) is 198 Å². The van der Waals surface area contributed by atoms with Gasteiger partial charge in [0.15, 0.2) is 0 Å². The van der Waals surface area contributed by atoms with Crippen molar-refractivity contribution in [1.82, 2.24) is 9.47 Å². The Kier molecular flexibility index (Phi) is 9.02. The van der Waals surface area contributed by atoms with Crippen molar-refractivity contribution < 1.29 is 0 Å². The number of allylic oxidation sites excluding steroid dienone is 20. The highest BCUT2D eigenvalue weighted by atomic mass is 15.2. The fraction of sp³-hybridized carbons (Fsp3) is 0.250. The predicted molar refractivity (Wildman–Crippen MR) is 245 cm³/mol. The molecule has 0 saturated carbocycles. The molecule has 58 heavy (non-hydrogen) atoms. The number of rotatable bonds is 7. The van der Waals surface area contributed by atoms with Crippen LogP contribution in [0.5, 0.6) is 0 Å². The first-order chi connectivity index (χ1) is 28.7. The van der Waals surface area contributed by atoms with Gasteiger partial charge in [-0.1, -0.05) is 147 Å². The molecule has 7 aliphatic rings. The Morgan fingerprint density at radius 2 is 1.52 bits per heavy atom. The van der Waals surface area contributed by atoms with Crippen LogP contribution in [0, 0.1) is 23.7 Å². The number of fused-ring (bicyclic) bond motifs is 5. The summed E-state index contributed by atoms with van der Waals surface area (Å²) in [6.45, 7) is 2.42. The normalized spacial score (nSPS) is 26.1. The largest absolute Gasteiger partial charge is 0.336 e. The van der Waals surface area contributed by atoms with E-state index < -0.39 is 0 Å². The van der Waals surface area contributed by atoms with Gasteiger partial charge in [-0.2, -0.15) is 0 Å². The van der Waals surface area contributed by atoms with E-state index in [9.17, 15) is 0 Å². The molecule has 0 N–H and O–H groups in total. The quantitative estimate of drug-likeness (QED) is 0.182. The maximum atomic E-state index is 2.84. The van der Waals surface area contributed by atoms with E-state index >= 15 is 0 Å². The van der Waals surface area contributed by atoms with Gasteiger partial charge < -0.3 is 9.47 Å². The molecule has 4 unspecified atom stereocenters. The van der Waals surface area contributed by atoms with Gasteiger partial charge in [0.2, 0.25) is 0 Å². The summed E-state index contributed by atoms with van der Waals surface area (Å²) < 4.78 is 2.51. The van der Waals surface area contributed by atoms with Crippen molar-refractivity contribution >= 4 is 33.0 Å². The minimum atomic E-state index is 0.274. The lowest BCUT2D eigenvalue weighted by Crippen LogP contribution is -2.38. The molecule has 286 valence electrons. The van der Waals surface area contributed by atoms with Crippen LogP contribution in [-0.2, 0) is 0 Å². The highest BCUT2D eigenvalue weighted by Gasteiger charge is 2.45. The lowest BCUT2D eigenvalue weighted by atomic mass is 9.73. The SMILES string of the molecule is CCC1C(N2C3=C(CCC=C3c3ccc4c5ccccc5n(-c5cccc(C6=CCCC=C6)c5)c4c3)C3C=CC=CC32)=CC(C2C=CC=CC2)=C[C@@H]1C1=CCCC=C1. The fourth-order valence-electron chi connectivity index (χ4n) is 11.1. The molecule has 3 aromatic carbocycles. The van der Waals surface area contributed by atoms with E-state index in [0.29, 0.717) is 23.7 Å². The average molecular weight is 753 g/mol. The van der Waals surface area contributed by atoms with E-state index in [0.717, 1.165) is 51.4 Å². The van der Waals surface area contributed by atoms with Gasteiger partial charge in [0.05, 0.1) is 17.1 Å². The lowest BCUT2D eigenvalue weighted by molar-refractivity contribution is 0.299. The third kappa shape index (κ3) is 5.91. The standard InChI is InChI=1S/C56H52N2/c1-2-45-51(40-22-10-5-11-23-40)35-43(39-20-8-4-9-21-39)37-54(45)58-53-31-15-13-27-48(53)50-29-17-28-46(56(50)58)42-32-33-49-47-26-12-14-30-52(47)57(55(49)36-42)44-25-16-24-41(34-44)38-18-6-3-7-19-38/h4,6,8-10,12-16,18-20,22-28,30-37,39,45,48,51,53H,2-3,5,7,11,17,21,29H2,1H3/t39?,45?,48?,51-,53?/m1/s1. The Labute approximate surface area is 344 Å². The Balaban J connectivity index is 1.07. The second-order valence-electron chi connectivity index (χ2n) is 17.1. The Bertz CT molecular complexity index is 2720. The molecule has 2 nitrogen and oxygen atoms in total. The molecule has 1 aromatic heterocycles. The van der Waals surface area contributed by atoms with Crippen molar-refractivity contribution in [3.05, 3.63) is 209 Å². The van der Waals surface area contributed by atoms with Crippen molar-refractivity contribution in [3.8, 4) is 5.69 Å². The molecule has 0 radical (unpaired) electrons. The summed E-state index contributed by atoms with van der Waals surface area (Å²) in [6, 6.07) is 25.7. The van der Waals surface area contributed by atoms with Crippen LogP contribution in [-0.4, -0.2) is 15.5 Å². The number of benzene rings is 3. The van der Waals surface area contributed by atoms with E-state index in [-0.39, 0.29) is 6.04 Å². The van der Waals surface area contributed by atoms with Gasteiger partial charge in [0, 0.05) is 57.1 Å². The van der Waals surface area contributed by atoms with E-state index in [1.54, 1.807) is 5.57 Å². The smallest absolute Gasteiger partial charge is 0.0623 e. The molecule has 2 heterocycles.